The van der Waals surface area contributed by atoms with E-state index in [0.717, 1.165) is 43.5 Å². The molecule has 112 valence electrons. The molecule has 3 heterocycles. The van der Waals surface area contributed by atoms with Crippen molar-refractivity contribution in [2.75, 3.05) is 13.1 Å². The molecule has 2 aliphatic rings. The molecule has 5 heteroatoms. The van der Waals surface area contributed by atoms with E-state index in [9.17, 15) is 0 Å². The van der Waals surface area contributed by atoms with Crippen molar-refractivity contribution in [2.24, 2.45) is 0 Å². The molecule has 20 heavy (non-hydrogen) atoms. The van der Waals surface area contributed by atoms with Crippen LogP contribution in [0.1, 0.15) is 50.7 Å². The van der Waals surface area contributed by atoms with Crippen molar-refractivity contribution < 1.29 is 4.52 Å². The number of piperidine rings is 2. The molecule has 3 rings (SSSR count). The summed E-state index contributed by atoms with van der Waals surface area (Å²) in [6.07, 6.45) is 7.61. The van der Waals surface area contributed by atoms with E-state index < -0.39 is 0 Å². The van der Waals surface area contributed by atoms with Gasteiger partial charge in [-0.1, -0.05) is 18.5 Å². The maximum atomic E-state index is 5.06. The van der Waals surface area contributed by atoms with Gasteiger partial charge in [-0.3, -0.25) is 4.90 Å². The molecule has 0 aliphatic carbocycles. The lowest BCUT2D eigenvalue weighted by molar-refractivity contribution is 0.0255. The van der Waals surface area contributed by atoms with E-state index in [1.54, 1.807) is 0 Å². The second kappa shape index (κ2) is 6.22. The SMILES string of the molecule is CCNC1CC2CCCC(C1)N2CCc1noc(C)n1. The zero-order valence-corrected chi connectivity index (χ0v) is 12.6. The van der Waals surface area contributed by atoms with Crippen LogP contribution in [0, 0.1) is 6.92 Å². The number of aryl methyl sites for hydroxylation is 1. The maximum absolute atomic E-state index is 5.06. The fourth-order valence-corrected chi connectivity index (χ4v) is 3.97. The van der Waals surface area contributed by atoms with E-state index >= 15 is 0 Å². The molecule has 1 aromatic rings. The molecule has 5 nitrogen and oxygen atoms in total. The molecule has 0 amide bonds. The zero-order valence-electron chi connectivity index (χ0n) is 12.6. The Bertz CT molecular complexity index is 419. The van der Waals surface area contributed by atoms with Crippen LogP contribution in [0.15, 0.2) is 4.52 Å². The summed E-state index contributed by atoms with van der Waals surface area (Å²) in [6.45, 7) is 6.23. The van der Waals surface area contributed by atoms with Gasteiger partial charge in [-0.2, -0.15) is 4.98 Å². The van der Waals surface area contributed by atoms with Gasteiger partial charge in [0.05, 0.1) is 0 Å². The molecule has 2 bridgehead atoms. The summed E-state index contributed by atoms with van der Waals surface area (Å²) in [7, 11) is 0. The van der Waals surface area contributed by atoms with Crippen molar-refractivity contribution >= 4 is 0 Å². The average Bonchev–Trinajstić information content (AvgIpc) is 2.82. The summed E-state index contributed by atoms with van der Waals surface area (Å²) in [4.78, 5) is 7.03. The van der Waals surface area contributed by atoms with Crippen molar-refractivity contribution in [3.05, 3.63) is 11.7 Å². The van der Waals surface area contributed by atoms with Gasteiger partial charge < -0.3 is 9.84 Å². The highest BCUT2D eigenvalue weighted by atomic mass is 16.5. The van der Waals surface area contributed by atoms with Gasteiger partial charge in [0.25, 0.3) is 0 Å². The van der Waals surface area contributed by atoms with Gasteiger partial charge in [0.2, 0.25) is 5.89 Å². The Kier molecular flexibility index (Phi) is 4.36. The highest BCUT2D eigenvalue weighted by Crippen LogP contribution is 2.33. The van der Waals surface area contributed by atoms with E-state index in [0.29, 0.717) is 5.89 Å². The summed E-state index contributed by atoms with van der Waals surface area (Å²) >= 11 is 0. The van der Waals surface area contributed by atoms with Crippen LogP contribution in [0.25, 0.3) is 0 Å². The summed E-state index contributed by atoms with van der Waals surface area (Å²) in [5, 5.41) is 7.66. The molecular weight excluding hydrogens is 252 g/mol. The molecule has 2 saturated heterocycles. The lowest BCUT2D eigenvalue weighted by atomic mass is 9.81. The standard InChI is InChI=1S/C15H26N4O/c1-3-16-12-9-13-5-4-6-14(10-12)19(13)8-7-15-17-11(2)20-18-15/h12-14,16H,3-10H2,1-2H3. The highest BCUT2D eigenvalue weighted by Gasteiger charge is 2.37. The quantitative estimate of drug-likeness (QED) is 0.891. The molecule has 0 aromatic carbocycles. The zero-order chi connectivity index (χ0) is 13.9. The van der Waals surface area contributed by atoms with Gasteiger partial charge in [-0.05, 0) is 32.2 Å². The molecule has 2 fully saturated rings. The number of nitrogens with one attached hydrogen (secondary N) is 1. The van der Waals surface area contributed by atoms with Gasteiger partial charge in [-0.25, -0.2) is 0 Å². The van der Waals surface area contributed by atoms with Gasteiger partial charge in [0, 0.05) is 38.0 Å². The predicted molar refractivity (Wildman–Crippen MR) is 77.6 cm³/mol. The summed E-state index contributed by atoms with van der Waals surface area (Å²) in [5.74, 6) is 1.53. The number of hydrogen-bond donors (Lipinski definition) is 1. The van der Waals surface area contributed by atoms with Crippen LogP contribution in [0.5, 0.6) is 0 Å². The fourth-order valence-electron chi connectivity index (χ4n) is 3.97. The average molecular weight is 278 g/mol. The summed E-state index contributed by atoms with van der Waals surface area (Å²) in [5.41, 5.74) is 0. The molecule has 0 saturated carbocycles. The van der Waals surface area contributed by atoms with Crippen molar-refractivity contribution in [1.29, 1.82) is 0 Å². The molecule has 0 radical (unpaired) electrons. The minimum Gasteiger partial charge on any atom is -0.340 e. The van der Waals surface area contributed by atoms with Crippen molar-refractivity contribution in [2.45, 2.75) is 70.5 Å². The largest absolute Gasteiger partial charge is 0.340 e. The van der Waals surface area contributed by atoms with Crippen LogP contribution in [0.3, 0.4) is 0 Å². The van der Waals surface area contributed by atoms with E-state index in [4.69, 9.17) is 4.52 Å². The summed E-state index contributed by atoms with van der Waals surface area (Å²) < 4.78 is 5.06. The Balaban J connectivity index is 1.59. The van der Waals surface area contributed by atoms with E-state index in [2.05, 4.69) is 27.3 Å². The monoisotopic (exact) mass is 278 g/mol. The van der Waals surface area contributed by atoms with Crippen LogP contribution in [-0.4, -0.2) is 46.3 Å². The maximum Gasteiger partial charge on any atom is 0.223 e. The Hall–Kier alpha value is -0.940. The number of rotatable bonds is 5. The fraction of sp³-hybridized carbons (Fsp3) is 0.867. The number of hydrogen-bond acceptors (Lipinski definition) is 5. The van der Waals surface area contributed by atoms with Crippen LogP contribution < -0.4 is 5.32 Å². The summed E-state index contributed by atoms with van der Waals surface area (Å²) in [6, 6.07) is 2.22. The minimum absolute atomic E-state index is 0.672. The number of nitrogens with zero attached hydrogens (tertiary/aromatic N) is 3. The van der Waals surface area contributed by atoms with Crippen molar-refractivity contribution in [3.63, 3.8) is 0 Å². The molecule has 2 unspecified atom stereocenters. The first kappa shape index (κ1) is 14.0. The Morgan fingerprint density at radius 2 is 2.05 bits per heavy atom. The first-order valence-electron chi connectivity index (χ1n) is 8.04. The van der Waals surface area contributed by atoms with Crippen LogP contribution in [0.4, 0.5) is 0 Å². The highest BCUT2D eigenvalue weighted by molar-refractivity contribution is 4.96. The Morgan fingerprint density at radius 1 is 1.30 bits per heavy atom. The van der Waals surface area contributed by atoms with Gasteiger partial charge >= 0.3 is 0 Å². The molecule has 2 aliphatic heterocycles. The second-order valence-corrected chi connectivity index (χ2v) is 6.18. The molecular formula is C15H26N4O. The van der Waals surface area contributed by atoms with E-state index in [1.165, 1.54) is 32.1 Å². The van der Waals surface area contributed by atoms with Crippen LogP contribution in [-0.2, 0) is 6.42 Å². The van der Waals surface area contributed by atoms with E-state index in [1.807, 2.05) is 6.92 Å². The van der Waals surface area contributed by atoms with Crippen LogP contribution in [0.2, 0.25) is 0 Å². The third kappa shape index (κ3) is 3.04. The topological polar surface area (TPSA) is 54.2 Å². The smallest absolute Gasteiger partial charge is 0.223 e. The third-order valence-electron chi connectivity index (χ3n) is 4.78. The number of fused-ring (bicyclic) bond motifs is 2. The normalized spacial score (nSPS) is 30.6. The minimum atomic E-state index is 0.672. The Morgan fingerprint density at radius 3 is 2.65 bits per heavy atom. The third-order valence-corrected chi connectivity index (χ3v) is 4.78. The lowest BCUT2D eigenvalue weighted by Crippen LogP contribution is -2.56. The molecule has 0 spiro atoms. The first-order valence-corrected chi connectivity index (χ1v) is 8.04. The second-order valence-electron chi connectivity index (χ2n) is 6.18. The van der Waals surface area contributed by atoms with Crippen molar-refractivity contribution in [1.82, 2.24) is 20.4 Å². The van der Waals surface area contributed by atoms with Crippen molar-refractivity contribution in [3.8, 4) is 0 Å². The van der Waals surface area contributed by atoms with E-state index in [-0.39, 0.29) is 0 Å². The molecule has 2 atom stereocenters. The Labute approximate surface area is 121 Å². The molecule has 1 N–H and O–H groups in total. The van der Waals surface area contributed by atoms with Gasteiger partial charge in [-0.15, -0.1) is 0 Å². The van der Waals surface area contributed by atoms with Gasteiger partial charge in [0.1, 0.15) is 0 Å². The van der Waals surface area contributed by atoms with Crippen LogP contribution >= 0.6 is 0 Å². The first-order chi connectivity index (χ1) is 9.76. The number of aromatic nitrogens is 2. The molecule has 1 aromatic heterocycles. The van der Waals surface area contributed by atoms with Gasteiger partial charge in [0.15, 0.2) is 5.82 Å². The predicted octanol–water partition coefficient (Wildman–Crippen LogP) is 1.92. The lowest BCUT2D eigenvalue weighted by Gasteiger charge is -2.49.